The molecule has 0 aliphatic rings. The van der Waals surface area contributed by atoms with E-state index in [4.69, 9.17) is 0 Å². The molecule has 0 atom stereocenters. The first kappa shape index (κ1) is 18.6. The van der Waals surface area contributed by atoms with Crippen LogP contribution in [0, 0.1) is 36.0 Å². The first-order valence-corrected chi connectivity index (χ1v) is 7.76. The molecular weight excluding hydrogens is 365 g/mol. The Morgan fingerprint density at radius 2 is 1.33 bits per heavy atom. The average molecular weight is 377 g/mol. The van der Waals surface area contributed by atoms with E-state index in [-0.39, 0.29) is 11.3 Å². The molecule has 3 rings (SSSR count). The van der Waals surface area contributed by atoms with Crippen LogP contribution in [0.3, 0.4) is 0 Å². The number of halogens is 5. The van der Waals surface area contributed by atoms with Gasteiger partial charge in [-0.05, 0) is 23.6 Å². The second-order valence-electron chi connectivity index (χ2n) is 5.74. The van der Waals surface area contributed by atoms with Crippen LogP contribution in [-0.2, 0) is 0 Å². The maximum atomic E-state index is 13.8. The molecule has 0 spiro atoms. The molecule has 0 bridgehead atoms. The lowest BCUT2D eigenvalue weighted by atomic mass is 9.97. The largest absolute Gasteiger partial charge is 0.507 e. The van der Waals surface area contributed by atoms with Crippen molar-refractivity contribution in [3.8, 4) is 16.9 Å². The van der Waals surface area contributed by atoms with Crippen molar-refractivity contribution >= 4 is 11.9 Å². The number of hydrogen-bond acceptors (Lipinski definition) is 2. The van der Waals surface area contributed by atoms with Crippen molar-refractivity contribution in [3.63, 3.8) is 0 Å². The van der Waals surface area contributed by atoms with Crippen molar-refractivity contribution in [1.29, 1.82) is 0 Å². The third-order valence-electron chi connectivity index (χ3n) is 4.01. The molecule has 7 heteroatoms. The van der Waals surface area contributed by atoms with Gasteiger partial charge in [0.15, 0.2) is 23.3 Å². The van der Waals surface area contributed by atoms with Crippen LogP contribution in [0.4, 0.5) is 27.6 Å². The summed E-state index contributed by atoms with van der Waals surface area (Å²) in [5.41, 5.74) is 0.364. The van der Waals surface area contributed by atoms with Crippen molar-refractivity contribution in [2.45, 2.75) is 6.92 Å². The van der Waals surface area contributed by atoms with Crippen molar-refractivity contribution in [1.82, 2.24) is 0 Å². The Morgan fingerprint density at radius 3 is 1.93 bits per heavy atom. The number of aromatic hydroxyl groups is 1. The van der Waals surface area contributed by atoms with Crippen LogP contribution in [0.2, 0.25) is 0 Å². The second kappa shape index (κ2) is 7.19. The van der Waals surface area contributed by atoms with E-state index in [0.29, 0.717) is 16.7 Å². The van der Waals surface area contributed by atoms with Gasteiger partial charge < -0.3 is 5.11 Å². The summed E-state index contributed by atoms with van der Waals surface area (Å²) >= 11 is 0. The maximum Gasteiger partial charge on any atom is 0.200 e. The van der Waals surface area contributed by atoms with Gasteiger partial charge in [-0.25, -0.2) is 26.9 Å². The average Bonchev–Trinajstić information content (AvgIpc) is 2.68. The Morgan fingerprint density at radius 1 is 0.778 bits per heavy atom. The van der Waals surface area contributed by atoms with Crippen LogP contribution in [0.15, 0.2) is 47.5 Å². The molecule has 0 unspecified atom stereocenters. The molecule has 0 saturated heterocycles. The zero-order valence-corrected chi connectivity index (χ0v) is 13.9. The smallest absolute Gasteiger partial charge is 0.200 e. The highest BCUT2D eigenvalue weighted by atomic mass is 19.2. The first-order chi connectivity index (χ1) is 12.8. The summed E-state index contributed by atoms with van der Waals surface area (Å²) in [5.74, 6) is -10.7. The Kier molecular flexibility index (Phi) is 4.94. The molecule has 138 valence electrons. The molecule has 0 aromatic heterocycles. The second-order valence-corrected chi connectivity index (χ2v) is 5.74. The van der Waals surface area contributed by atoms with E-state index in [1.165, 1.54) is 0 Å². The van der Waals surface area contributed by atoms with E-state index in [9.17, 15) is 27.1 Å². The third kappa shape index (κ3) is 3.28. The van der Waals surface area contributed by atoms with E-state index in [2.05, 4.69) is 4.99 Å². The molecular formula is C20H12F5NO. The molecule has 27 heavy (non-hydrogen) atoms. The number of phenolic OH excluding ortho intramolecular Hbond substituents is 1. The summed E-state index contributed by atoms with van der Waals surface area (Å²) in [5, 5.41) is 10.3. The quantitative estimate of drug-likeness (QED) is 0.266. The van der Waals surface area contributed by atoms with Crippen LogP contribution in [0.25, 0.3) is 11.1 Å². The summed E-state index contributed by atoms with van der Waals surface area (Å²) in [4.78, 5) is 3.44. The lowest BCUT2D eigenvalue weighted by Crippen LogP contribution is -2.01. The molecule has 0 fully saturated rings. The number of rotatable bonds is 3. The molecule has 0 aliphatic heterocycles. The Labute approximate surface area is 151 Å². The lowest BCUT2D eigenvalue weighted by Gasteiger charge is -2.11. The van der Waals surface area contributed by atoms with Crippen LogP contribution < -0.4 is 0 Å². The summed E-state index contributed by atoms with van der Waals surface area (Å²) in [6, 6.07) is 12.0. The molecule has 3 aromatic rings. The molecule has 3 aromatic carbocycles. The standard InChI is InChI=1S/C20H12F5NO/c1-10-7-8-12(11-5-3-2-4-6-11)13(20(10)27)9-26-19-17(24)15(22)14(21)16(23)18(19)25/h2-9,27H,1H3. The number of aryl methyl sites for hydroxylation is 1. The van der Waals surface area contributed by atoms with Crippen LogP contribution >= 0.6 is 0 Å². The minimum Gasteiger partial charge on any atom is -0.507 e. The molecule has 0 aliphatic carbocycles. The lowest BCUT2D eigenvalue weighted by molar-refractivity contribution is 0.381. The van der Waals surface area contributed by atoms with Gasteiger partial charge >= 0.3 is 0 Å². The van der Waals surface area contributed by atoms with Crippen molar-refractivity contribution in [2.24, 2.45) is 4.99 Å². The molecule has 0 heterocycles. The SMILES string of the molecule is Cc1ccc(-c2ccccc2)c(C=Nc2c(F)c(F)c(F)c(F)c2F)c1O. The molecule has 0 amide bonds. The number of hydrogen-bond donors (Lipinski definition) is 1. The number of benzene rings is 3. The predicted octanol–water partition coefficient (Wildman–Crippen LogP) is 5.81. The Hall–Kier alpha value is -3.22. The van der Waals surface area contributed by atoms with E-state index in [1.807, 2.05) is 0 Å². The van der Waals surface area contributed by atoms with Crippen LogP contribution in [0.1, 0.15) is 11.1 Å². The summed E-state index contributed by atoms with van der Waals surface area (Å²) in [6.45, 7) is 1.60. The zero-order chi connectivity index (χ0) is 19.7. The zero-order valence-electron chi connectivity index (χ0n) is 13.9. The van der Waals surface area contributed by atoms with Crippen LogP contribution in [0.5, 0.6) is 5.75 Å². The van der Waals surface area contributed by atoms with Crippen LogP contribution in [-0.4, -0.2) is 11.3 Å². The van der Waals surface area contributed by atoms with E-state index in [0.717, 1.165) is 6.21 Å². The van der Waals surface area contributed by atoms with E-state index in [1.54, 1.807) is 49.4 Å². The van der Waals surface area contributed by atoms with Gasteiger partial charge in [0.05, 0.1) is 0 Å². The monoisotopic (exact) mass is 377 g/mol. The molecule has 0 radical (unpaired) electrons. The van der Waals surface area contributed by atoms with Gasteiger partial charge in [0, 0.05) is 11.8 Å². The minimum absolute atomic E-state index is 0.0881. The van der Waals surface area contributed by atoms with Gasteiger partial charge in [0.1, 0.15) is 11.4 Å². The third-order valence-corrected chi connectivity index (χ3v) is 4.01. The van der Waals surface area contributed by atoms with E-state index >= 15 is 0 Å². The highest BCUT2D eigenvalue weighted by Gasteiger charge is 2.25. The van der Waals surface area contributed by atoms with Gasteiger partial charge in [-0.2, -0.15) is 0 Å². The number of phenols is 1. The Bertz CT molecular complexity index is 1020. The highest BCUT2D eigenvalue weighted by Crippen LogP contribution is 2.33. The van der Waals surface area contributed by atoms with E-state index < -0.39 is 34.8 Å². The molecule has 1 N–H and O–H groups in total. The fourth-order valence-corrected chi connectivity index (χ4v) is 2.55. The van der Waals surface area contributed by atoms with Crippen molar-refractivity contribution < 1.29 is 27.1 Å². The minimum atomic E-state index is -2.26. The predicted molar refractivity (Wildman–Crippen MR) is 91.8 cm³/mol. The Balaban J connectivity index is 2.19. The topological polar surface area (TPSA) is 32.6 Å². The highest BCUT2D eigenvalue weighted by molar-refractivity contribution is 5.95. The summed E-state index contributed by atoms with van der Waals surface area (Å²) in [7, 11) is 0. The van der Waals surface area contributed by atoms with Gasteiger partial charge in [0.25, 0.3) is 0 Å². The molecule has 2 nitrogen and oxygen atoms in total. The van der Waals surface area contributed by atoms with Gasteiger partial charge in [0.2, 0.25) is 5.82 Å². The molecule has 0 saturated carbocycles. The van der Waals surface area contributed by atoms with Gasteiger partial charge in [-0.15, -0.1) is 0 Å². The van der Waals surface area contributed by atoms with Crippen molar-refractivity contribution in [3.05, 3.63) is 82.7 Å². The normalized spacial score (nSPS) is 11.3. The fraction of sp³-hybridized carbons (Fsp3) is 0.0500. The summed E-state index contributed by atoms with van der Waals surface area (Å²) in [6.07, 6.45) is 0.878. The van der Waals surface area contributed by atoms with Gasteiger partial charge in [-0.3, -0.25) is 0 Å². The number of nitrogens with zero attached hydrogens (tertiary/aromatic N) is 1. The van der Waals surface area contributed by atoms with Gasteiger partial charge in [-0.1, -0.05) is 42.5 Å². The maximum absolute atomic E-state index is 13.8. The van der Waals surface area contributed by atoms with Crippen molar-refractivity contribution in [2.75, 3.05) is 0 Å². The first-order valence-electron chi connectivity index (χ1n) is 7.76. The fourth-order valence-electron chi connectivity index (χ4n) is 2.55. The number of aliphatic imine (C=N–C) groups is 1. The summed E-state index contributed by atoms with van der Waals surface area (Å²) < 4.78 is 67.4.